The van der Waals surface area contributed by atoms with Gasteiger partial charge in [-0.05, 0) is 41.6 Å². The lowest BCUT2D eigenvalue weighted by atomic mass is 9.86. The molecule has 1 aliphatic heterocycles. The number of fused-ring (bicyclic) bond motifs is 1. The van der Waals surface area contributed by atoms with Crippen molar-refractivity contribution in [3.63, 3.8) is 0 Å². The molecule has 1 fully saturated rings. The molecular weight excluding hydrogens is 290 g/mol. The van der Waals surface area contributed by atoms with Crippen molar-refractivity contribution in [2.45, 2.75) is 64.5 Å². The first-order valence-electron chi connectivity index (χ1n) is 7.25. The number of hydrogen-bond donors (Lipinski definition) is 1. The zero-order chi connectivity index (χ0) is 12.5. The molecule has 0 saturated heterocycles. The summed E-state index contributed by atoms with van der Waals surface area (Å²) in [6, 6.07) is 0.563. The molecule has 1 N–H and O–H groups in total. The van der Waals surface area contributed by atoms with E-state index in [4.69, 9.17) is 5.10 Å². The molecular formula is C14H22BrN3. The van der Waals surface area contributed by atoms with Gasteiger partial charge in [-0.1, -0.05) is 32.1 Å². The second-order valence-electron chi connectivity index (χ2n) is 5.87. The molecule has 0 amide bonds. The van der Waals surface area contributed by atoms with Crippen LogP contribution in [0.3, 0.4) is 0 Å². The molecule has 3 nitrogen and oxygen atoms in total. The van der Waals surface area contributed by atoms with Crippen LogP contribution in [0.1, 0.15) is 51.1 Å². The van der Waals surface area contributed by atoms with Crippen LogP contribution in [-0.4, -0.2) is 15.8 Å². The highest BCUT2D eigenvalue weighted by molar-refractivity contribution is 9.10. The number of aryl methyl sites for hydroxylation is 1. The van der Waals surface area contributed by atoms with Crippen LogP contribution < -0.4 is 5.32 Å². The van der Waals surface area contributed by atoms with Gasteiger partial charge in [-0.15, -0.1) is 0 Å². The first kappa shape index (κ1) is 12.5. The van der Waals surface area contributed by atoms with Crippen LogP contribution in [0, 0.1) is 5.92 Å². The van der Waals surface area contributed by atoms with Gasteiger partial charge in [0.05, 0.1) is 10.2 Å². The fourth-order valence-electron chi connectivity index (χ4n) is 3.21. The Bertz CT molecular complexity index is 421. The molecule has 0 aromatic carbocycles. The van der Waals surface area contributed by atoms with E-state index < -0.39 is 0 Å². The molecule has 1 atom stereocenters. The van der Waals surface area contributed by atoms with Crippen LogP contribution in [0.25, 0.3) is 0 Å². The lowest BCUT2D eigenvalue weighted by Crippen LogP contribution is -2.26. The summed E-state index contributed by atoms with van der Waals surface area (Å²) >= 11 is 3.75. The zero-order valence-corrected chi connectivity index (χ0v) is 12.7. The minimum Gasteiger partial charge on any atom is -0.367 e. The highest BCUT2D eigenvalue weighted by Crippen LogP contribution is 2.34. The molecule has 4 heteroatoms. The van der Waals surface area contributed by atoms with Gasteiger partial charge < -0.3 is 5.32 Å². The second-order valence-corrected chi connectivity index (χ2v) is 6.67. The Kier molecular flexibility index (Phi) is 3.64. The summed E-state index contributed by atoms with van der Waals surface area (Å²) in [5.74, 6) is 2.05. The Balaban J connectivity index is 1.76. The molecule has 1 aliphatic carbocycles. The quantitative estimate of drug-likeness (QED) is 0.895. The van der Waals surface area contributed by atoms with E-state index >= 15 is 0 Å². The van der Waals surface area contributed by atoms with Crippen molar-refractivity contribution in [3.8, 4) is 0 Å². The van der Waals surface area contributed by atoms with E-state index in [1.807, 2.05) is 0 Å². The second kappa shape index (κ2) is 5.24. The van der Waals surface area contributed by atoms with E-state index in [-0.39, 0.29) is 0 Å². The minimum atomic E-state index is 0.563. The third-order valence-electron chi connectivity index (χ3n) is 4.32. The molecule has 3 rings (SSSR count). The lowest BCUT2D eigenvalue weighted by Gasteiger charge is -2.22. The lowest BCUT2D eigenvalue weighted by molar-refractivity contribution is 0.352. The van der Waals surface area contributed by atoms with Gasteiger partial charge in [0.1, 0.15) is 5.82 Å². The Hall–Kier alpha value is -0.510. The van der Waals surface area contributed by atoms with Gasteiger partial charge >= 0.3 is 0 Å². The molecule has 0 bridgehead atoms. The van der Waals surface area contributed by atoms with E-state index in [1.54, 1.807) is 0 Å². The van der Waals surface area contributed by atoms with Crippen LogP contribution in [0.15, 0.2) is 4.47 Å². The minimum absolute atomic E-state index is 0.563. The van der Waals surface area contributed by atoms with Crippen molar-refractivity contribution < 1.29 is 0 Å². The smallest absolute Gasteiger partial charge is 0.139 e. The Morgan fingerprint density at radius 1 is 1.28 bits per heavy atom. The van der Waals surface area contributed by atoms with E-state index in [9.17, 15) is 0 Å². The van der Waals surface area contributed by atoms with Crippen LogP contribution in [0.2, 0.25) is 0 Å². The SMILES string of the molecule is CC1CCn2nc(CC3CCCCC3)c(Br)c2N1. The summed E-state index contributed by atoms with van der Waals surface area (Å²) in [5, 5.41) is 8.33. The molecule has 1 aromatic rings. The highest BCUT2D eigenvalue weighted by atomic mass is 79.9. The molecule has 1 saturated carbocycles. The summed E-state index contributed by atoms with van der Waals surface area (Å²) in [6.07, 6.45) is 9.34. The van der Waals surface area contributed by atoms with Crippen molar-refractivity contribution in [1.82, 2.24) is 9.78 Å². The van der Waals surface area contributed by atoms with Gasteiger partial charge in [0.25, 0.3) is 0 Å². The molecule has 1 unspecified atom stereocenters. The van der Waals surface area contributed by atoms with E-state index in [0.29, 0.717) is 6.04 Å². The maximum Gasteiger partial charge on any atom is 0.139 e. The average molecular weight is 312 g/mol. The van der Waals surface area contributed by atoms with Crippen LogP contribution in [-0.2, 0) is 13.0 Å². The maximum absolute atomic E-state index is 4.79. The van der Waals surface area contributed by atoms with Gasteiger partial charge in [0.15, 0.2) is 0 Å². The Morgan fingerprint density at radius 2 is 2.06 bits per heavy atom. The van der Waals surface area contributed by atoms with Gasteiger partial charge in [-0.25, -0.2) is 4.68 Å². The maximum atomic E-state index is 4.79. The highest BCUT2D eigenvalue weighted by Gasteiger charge is 2.23. The molecule has 2 aliphatic rings. The Morgan fingerprint density at radius 3 is 2.83 bits per heavy atom. The number of nitrogens with zero attached hydrogens (tertiary/aromatic N) is 2. The van der Waals surface area contributed by atoms with Gasteiger partial charge in [-0.2, -0.15) is 5.10 Å². The van der Waals surface area contributed by atoms with Crippen LogP contribution in [0.5, 0.6) is 0 Å². The first-order valence-corrected chi connectivity index (χ1v) is 8.05. The largest absolute Gasteiger partial charge is 0.367 e. The monoisotopic (exact) mass is 311 g/mol. The number of aromatic nitrogens is 2. The molecule has 18 heavy (non-hydrogen) atoms. The number of nitrogens with one attached hydrogen (secondary N) is 1. The summed E-state index contributed by atoms with van der Waals surface area (Å²) in [5.41, 5.74) is 1.26. The number of halogens is 1. The normalized spacial score (nSPS) is 24.7. The van der Waals surface area contributed by atoms with Gasteiger partial charge in [0, 0.05) is 12.6 Å². The van der Waals surface area contributed by atoms with Crippen molar-refractivity contribution >= 4 is 21.7 Å². The molecule has 0 radical (unpaired) electrons. The average Bonchev–Trinajstić information content (AvgIpc) is 2.68. The number of rotatable bonds is 2. The summed E-state index contributed by atoms with van der Waals surface area (Å²) in [4.78, 5) is 0. The van der Waals surface area contributed by atoms with Crippen LogP contribution >= 0.6 is 15.9 Å². The van der Waals surface area contributed by atoms with E-state index in [1.165, 1.54) is 54.5 Å². The van der Waals surface area contributed by atoms with Crippen molar-refractivity contribution in [2.75, 3.05) is 5.32 Å². The summed E-state index contributed by atoms with van der Waals surface area (Å²) in [7, 11) is 0. The summed E-state index contributed by atoms with van der Waals surface area (Å²) < 4.78 is 3.35. The fraction of sp³-hybridized carbons (Fsp3) is 0.786. The zero-order valence-electron chi connectivity index (χ0n) is 11.1. The van der Waals surface area contributed by atoms with Crippen molar-refractivity contribution in [3.05, 3.63) is 10.2 Å². The van der Waals surface area contributed by atoms with E-state index in [2.05, 4.69) is 32.9 Å². The molecule has 0 spiro atoms. The van der Waals surface area contributed by atoms with Crippen LogP contribution in [0.4, 0.5) is 5.82 Å². The third kappa shape index (κ3) is 2.44. The summed E-state index contributed by atoms with van der Waals surface area (Å²) in [6.45, 7) is 3.29. The predicted octanol–water partition coefficient (Wildman–Crippen LogP) is 3.97. The molecule has 2 heterocycles. The van der Waals surface area contributed by atoms with E-state index in [0.717, 1.165) is 18.9 Å². The predicted molar refractivity (Wildman–Crippen MR) is 77.9 cm³/mol. The van der Waals surface area contributed by atoms with Crippen molar-refractivity contribution in [1.29, 1.82) is 0 Å². The Labute approximate surface area is 117 Å². The first-order chi connectivity index (χ1) is 8.74. The van der Waals surface area contributed by atoms with Crippen molar-refractivity contribution in [2.24, 2.45) is 5.92 Å². The third-order valence-corrected chi connectivity index (χ3v) is 5.16. The number of anilines is 1. The standard InChI is InChI=1S/C14H22BrN3/c1-10-7-8-18-14(16-10)13(15)12(17-18)9-11-5-3-2-4-6-11/h10-11,16H,2-9H2,1H3. The number of hydrogen-bond acceptors (Lipinski definition) is 2. The van der Waals surface area contributed by atoms with Gasteiger partial charge in [-0.3, -0.25) is 0 Å². The fourth-order valence-corrected chi connectivity index (χ4v) is 3.77. The van der Waals surface area contributed by atoms with Gasteiger partial charge in [0.2, 0.25) is 0 Å². The molecule has 100 valence electrons. The topological polar surface area (TPSA) is 29.9 Å². The molecule has 1 aromatic heterocycles.